The predicted octanol–water partition coefficient (Wildman–Crippen LogP) is 5.70. The fraction of sp³-hybridized carbons (Fsp3) is 0.0370. The highest BCUT2D eigenvalue weighted by atomic mass is 16.5. The number of benzene rings is 4. The maximum absolute atomic E-state index is 11.9. The zero-order valence-electron chi connectivity index (χ0n) is 17.7. The number of H-pyrrole nitrogens is 1. The van der Waals surface area contributed by atoms with E-state index < -0.39 is 5.91 Å². The molecule has 1 aromatic heterocycles. The van der Waals surface area contributed by atoms with Gasteiger partial charge in [-0.3, -0.25) is 9.89 Å². The van der Waals surface area contributed by atoms with Gasteiger partial charge in [-0.15, -0.1) is 0 Å². The van der Waals surface area contributed by atoms with Crippen LogP contribution in [0.4, 0.5) is 0 Å². The van der Waals surface area contributed by atoms with Crippen molar-refractivity contribution in [3.63, 3.8) is 0 Å². The van der Waals surface area contributed by atoms with Crippen molar-refractivity contribution in [3.8, 4) is 28.5 Å². The third kappa shape index (κ3) is 4.41. The summed E-state index contributed by atoms with van der Waals surface area (Å²) in [5.41, 5.74) is 9.14. The molecule has 5 aromatic rings. The molecule has 0 spiro atoms. The van der Waals surface area contributed by atoms with Gasteiger partial charge in [0.1, 0.15) is 29.5 Å². The van der Waals surface area contributed by atoms with Crippen molar-refractivity contribution >= 4 is 16.8 Å². The van der Waals surface area contributed by atoms with Crippen LogP contribution < -0.4 is 15.2 Å². The molecule has 0 fully saturated rings. The summed E-state index contributed by atoms with van der Waals surface area (Å²) < 4.78 is 12.0. The van der Waals surface area contributed by atoms with Crippen LogP contribution in [0.2, 0.25) is 0 Å². The summed E-state index contributed by atoms with van der Waals surface area (Å²) in [7, 11) is 0. The van der Waals surface area contributed by atoms with Gasteiger partial charge in [0.25, 0.3) is 0 Å². The average molecular weight is 435 g/mol. The van der Waals surface area contributed by atoms with Crippen LogP contribution in [-0.2, 0) is 6.61 Å². The van der Waals surface area contributed by atoms with Crippen LogP contribution in [0.3, 0.4) is 0 Å². The quantitative estimate of drug-likeness (QED) is 0.343. The van der Waals surface area contributed by atoms with E-state index in [2.05, 4.69) is 10.2 Å². The van der Waals surface area contributed by atoms with E-state index >= 15 is 0 Å². The Morgan fingerprint density at radius 2 is 1.61 bits per heavy atom. The van der Waals surface area contributed by atoms with Crippen molar-refractivity contribution in [2.75, 3.05) is 0 Å². The molecule has 1 heterocycles. The van der Waals surface area contributed by atoms with E-state index in [9.17, 15) is 4.79 Å². The zero-order valence-corrected chi connectivity index (χ0v) is 17.7. The van der Waals surface area contributed by atoms with Gasteiger partial charge in [-0.1, -0.05) is 48.5 Å². The molecule has 0 aliphatic heterocycles. The number of amides is 1. The number of aromatic nitrogens is 2. The van der Waals surface area contributed by atoms with E-state index in [4.69, 9.17) is 15.2 Å². The summed E-state index contributed by atoms with van der Waals surface area (Å²) in [4.78, 5) is 11.9. The van der Waals surface area contributed by atoms with E-state index in [1.165, 1.54) is 0 Å². The lowest BCUT2D eigenvalue weighted by Crippen LogP contribution is -2.12. The molecular formula is C27H21N3O3. The van der Waals surface area contributed by atoms with Gasteiger partial charge < -0.3 is 15.2 Å². The highest BCUT2D eigenvalue weighted by Gasteiger charge is 2.15. The van der Waals surface area contributed by atoms with Gasteiger partial charge in [0.15, 0.2) is 0 Å². The van der Waals surface area contributed by atoms with Gasteiger partial charge in [-0.25, -0.2) is 0 Å². The second-order valence-electron chi connectivity index (χ2n) is 7.54. The Morgan fingerprint density at radius 3 is 2.45 bits per heavy atom. The second-order valence-corrected chi connectivity index (χ2v) is 7.54. The number of carbonyl (C=O) groups excluding carboxylic acids is 1. The minimum absolute atomic E-state index is 0.378. The molecule has 0 radical (unpaired) electrons. The van der Waals surface area contributed by atoms with Gasteiger partial charge in [0.05, 0.1) is 5.52 Å². The molecule has 1 amide bonds. The lowest BCUT2D eigenvalue weighted by Gasteiger charge is -2.10. The summed E-state index contributed by atoms with van der Waals surface area (Å²) in [5.74, 6) is 1.73. The molecule has 0 bridgehead atoms. The molecule has 0 unspecified atom stereocenters. The van der Waals surface area contributed by atoms with Gasteiger partial charge in [-0.05, 0) is 54.1 Å². The van der Waals surface area contributed by atoms with Crippen molar-refractivity contribution in [2.45, 2.75) is 6.61 Å². The lowest BCUT2D eigenvalue weighted by atomic mass is 10.0. The Morgan fingerprint density at radius 1 is 0.818 bits per heavy atom. The first-order valence-electron chi connectivity index (χ1n) is 10.5. The maximum Gasteiger partial charge on any atom is 0.249 e. The lowest BCUT2D eigenvalue weighted by molar-refractivity contribution is 0.100. The number of fused-ring (bicyclic) bond motifs is 1. The average Bonchev–Trinajstić information content (AvgIpc) is 3.27. The second kappa shape index (κ2) is 8.88. The first-order valence-corrected chi connectivity index (χ1v) is 10.5. The minimum atomic E-state index is -0.494. The summed E-state index contributed by atoms with van der Waals surface area (Å²) in [6, 6.07) is 30.3. The van der Waals surface area contributed by atoms with Crippen LogP contribution in [-0.4, -0.2) is 16.1 Å². The number of hydrogen-bond donors (Lipinski definition) is 2. The van der Waals surface area contributed by atoms with Crippen LogP contribution in [0.1, 0.15) is 15.9 Å². The van der Waals surface area contributed by atoms with E-state index in [0.717, 1.165) is 28.0 Å². The van der Waals surface area contributed by atoms with Crippen molar-refractivity contribution in [2.24, 2.45) is 5.73 Å². The summed E-state index contributed by atoms with van der Waals surface area (Å²) >= 11 is 0. The maximum atomic E-state index is 11.9. The van der Waals surface area contributed by atoms with E-state index in [1.54, 1.807) is 12.1 Å². The molecule has 162 valence electrons. The molecule has 3 N–H and O–H groups in total. The molecule has 6 nitrogen and oxygen atoms in total. The molecule has 0 saturated carbocycles. The van der Waals surface area contributed by atoms with Gasteiger partial charge in [0.2, 0.25) is 5.91 Å². The van der Waals surface area contributed by atoms with Crippen molar-refractivity contribution in [3.05, 3.63) is 108 Å². The molecule has 33 heavy (non-hydrogen) atoms. The number of rotatable bonds is 7. The standard InChI is InChI=1S/C27H21N3O3/c28-27(31)23-12-5-4-11-22(23)26-24-16-20(13-14-25(24)29-30-26)32-17-18-7-6-10-21(15-18)33-19-8-2-1-3-9-19/h1-16H,17H2,(H2,28,31)(H,29,30). The van der Waals surface area contributed by atoms with E-state index in [1.807, 2.05) is 84.9 Å². The van der Waals surface area contributed by atoms with Crippen molar-refractivity contribution in [1.82, 2.24) is 10.2 Å². The Hall–Kier alpha value is -4.58. The third-order valence-corrected chi connectivity index (χ3v) is 5.26. The SMILES string of the molecule is NC(=O)c1ccccc1-c1n[nH]c2ccc(OCc3cccc(Oc4ccccc4)c3)cc12. The van der Waals surface area contributed by atoms with Gasteiger partial charge in [0, 0.05) is 16.5 Å². The Balaban J connectivity index is 1.37. The fourth-order valence-electron chi connectivity index (χ4n) is 3.68. The Kier molecular flexibility index (Phi) is 5.47. The Labute approximate surface area is 190 Å². The number of hydrogen-bond acceptors (Lipinski definition) is 4. The smallest absolute Gasteiger partial charge is 0.249 e. The van der Waals surface area contributed by atoms with Gasteiger partial charge in [-0.2, -0.15) is 5.10 Å². The summed E-state index contributed by atoms with van der Waals surface area (Å²) in [6.07, 6.45) is 0. The number of ether oxygens (including phenoxy) is 2. The number of carbonyl (C=O) groups is 1. The minimum Gasteiger partial charge on any atom is -0.489 e. The molecule has 0 saturated heterocycles. The van der Waals surface area contributed by atoms with Crippen LogP contribution in [0.5, 0.6) is 17.2 Å². The van der Waals surface area contributed by atoms with Gasteiger partial charge >= 0.3 is 0 Å². The highest BCUT2D eigenvalue weighted by molar-refractivity contribution is 6.04. The van der Waals surface area contributed by atoms with Crippen molar-refractivity contribution < 1.29 is 14.3 Å². The molecule has 0 aliphatic rings. The zero-order chi connectivity index (χ0) is 22.6. The van der Waals surface area contributed by atoms with Crippen LogP contribution in [0, 0.1) is 0 Å². The first kappa shape index (κ1) is 20.3. The number of primary amides is 1. The molecular weight excluding hydrogens is 414 g/mol. The topological polar surface area (TPSA) is 90.2 Å². The number of para-hydroxylation sites is 1. The molecule has 0 aliphatic carbocycles. The summed E-state index contributed by atoms with van der Waals surface area (Å²) in [5, 5.41) is 8.27. The Bertz CT molecular complexity index is 1430. The number of nitrogens with zero attached hydrogens (tertiary/aromatic N) is 1. The highest BCUT2D eigenvalue weighted by Crippen LogP contribution is 2.31. The number of nitrogens with two attached hydrogens (primary N) is 1. The third-order valence-electron chi connectivity index (χ3n) is 5.26. The normalized spacial score (nSPS) is 10.8. The monoisotopic (exact) mass is 435 g/mol. The molecule has 0 atom stereocenters. The first-order chi connectivity index (χ1) is 16.2. The predicted molar refractivity (Wildman–Crippen MR) is 127 cm³/mol. The van der Waals surface area contributed by atoms with Crippen LogP contribution in [0.15, 0.2) is 97.1 Å². The van der Waals surface area contributed by atoms with Crippen LogP contribution in [0.25, 0.3) is 22.2 Å². The number of nitrogens with one attached hydrogen (secondary N) is 1. The van der Waals surface area contributed by atoms with E-state index in [0.29, 0.717) is 29.2 Å². The molecule has 6 heteroatoms. The van der Waals surface area contributed by atoms with Crippen LogP contribution >= 0.6 is 0 Å². The molecule has 5 rings (SSSR count). The largest absolute Gasteiger partial charge is 0.489 e. The van der Waals surface area contributed by atoms with Crippen molar-refractivity contribution in [1.29, 1.82) is 0 Å². The fourth-order valence-corrected chi connectivity index (χ4v) is 3.68. The number of aromatic amines is 1. The van der Waals surface area contributed by atoms with E-state index in [-0.39, 0.29) is 0 Å². The molecule has 4 aromatic carbocycles. The summed E-state index contributed by atoms with van der Waals surface area (Å²) in [6.45, 7) is 0.378.